The van der Waals surface area contributed by atoms with Crippen LogP contribution in [-0.4, -0.2) is 115 Å². The predicted octanol–water partition coefficient (Wildman–Crippen LogP) is -1.21. The van der Waals surface area contributed by atoms with Gasteiger partial charge in [-0.15, -0.1) is 11.8 Å². The van der Waals surface area contributed by atoms with E-state index in [1.165, 1.54) is 9.80 Å². The predicted molar refractivity (Wildman–Crippen MR) is 123 cm³/mol. The van der Waals surface area contributed by atoms with Crippen molar-refractivity contribution < 1.29 is 52.6 Å². The monoisotopic (exact) mass is 562 g/mol. The van der Waals surface area contributed by atoms with E-state index in [9.17, 15) is 34.1 Å². The van der Waals surface area contributed by atoms with Crippen molar-refractivity contribution >= 4 is 37.6 Å². The second-order valence-electron chi connectivity index (χ2n) is 10.1. The molecule has 0 aromatic rings. The smallest absolute Gasteiger partial charge is 0.394 e. The maximum atomic E-state index is 13.3. The highest BCUT2D eigenvalue weighted by Gasteiger charge is 2.74. The first-order valence-electron chi connectivity index (χ1n) is 11.8. The number of imide groups is 1. The summed E-state index contributed by atoms with van der Waals surface area (Å²) in [5.41, 5.74) is 0.614. The minimum Gasteiger partial charge on any atom is -0.394 e. The van der Waals surface area contributed by atoms with Crippen LogP contribution in [0.5, 0.6) is 0 Å². The van der Waals surface area contributed by atoms with Crippen LogP contribution >= 0.6 is 19.6 Å². The van der Waals surface area contributed by atoms with Gasteiger partial charge in [0.25, 0.3) is 0 Å². The zero-order valence-corrected chi connectivity index (χ0v) is 21.5. The number of phosphoric ester groups is 1. The number of hydrogen-bond acceptors (Lipinski definition) is 11. The molecule has 7 aliphatic rings. The summed E-state index contributed by atoms with van der Waals surface area (Å²) in [4.78, 5) is 51.5. The Morgan fingerprint density at radius 3 is 2.76 bits per heavy atom. The third kappa shape index (κ3) is 3.62. The van der Waals surface area contributed by atoms with Crippen LogP contribution in [0.2, 0.25) is 0 Å². The third-order valence-electron chi connectivity index (χ3n) is 7.84. The second kappa shape index (κ2) is 8.37. The highest BCUT2D eigenvalue weighted by atomic mass is 32.2. The quantitative estimate of drug-likeness (QED) is 0.240. The lowest BCUT2D eigenvalue weighted by Crippen LogP contribution is -2.86. The third-order valence-corrected chi connectivity index (χ3v) is 10.6. The minimum atomic E-state index is -4.82. The molecule has 0 aromatic heterocycles. The number of aliphatic hydroxyl groups is 2. The number of thioether (sulfide) groups is 1. The molecule has 5 fully saturated rings. The van der Waals surface area contributed by atoms with E-state index in [0.29, 0.717) is 5.57 Å². The fourth-order valence-electron chi connectivity index (χ4n) is 6.02. The van der Waals surface area contributed by atoms with Gasteiger partial charge in [0.2, 0.25) is 5.91 Å². The first-order chi connectivity index (χ1) is 17.4. The van der Waals surface area contributed by atoms with Crippen LogP contribution in [0.15, 0.2) is 11.8 Å². The second-order valence-corrected chi connectivity index (χ2v) is 13.2. The van der Waals surface area contributed by atoms with Crippen molar-refractivity contribution in [2.24, 2.45) is 0 Å². The molecule has 7 rings (SSSR count). The first kappa shape index (κ1) is 25.5. The van der Waals surface area contributed by atoms with E-state index in [0.717, 1.165) is 11.8 Å². The Balaban J connectivity index is 1.49. The van der Waals surface area contributed by atoms with E-state index in [4.69, 9.17) is 18.5 Å². The lowest BCUT2D eigenvalue weighted by Gasteiger charge is -2.66. The van der Waals surface area contributed by atoms with E-state index < -0.39 is 91.4 Å². The van der Waals surface area contributed by atoms with Crippen molar-refractivity contribution in [1.29, 1.82) is 0 Å². The van der Waals surface area contributed by atoms with Gasteiger partial charge in [-0.25, -0.2) is 14.2 Å². The van der Waals surface area contributed by atoms with Crippen molar-refractivity contribution in [2.45, 2.75) is 72.6 Å². The molecule has 5 saturated heterocycles. The Labute approximate surface area is 215 Å². The lowest BCUT2D eigenvalue weighted by molar-refractivity contribution is -0.128. The summed E-state index contributed by atoms with van der Waals surface area (Å²) in [6, 6.07) is -3.31. The average molecular weight is 562 g/mol. The minimum absolute atomic E-state index is 0.0151. The Hall–Kier alpha value is -1.75. The number of phosphoric acid groups is 1. The lowest BCUT2D eigenvalue weighted by atomic mass is 9.81. The molecule has 17 heteroatoms. The largest absolute Gasteiger partial charge is 0.472 e. The van der Waals surface area contributed by atoms with Crippen LogP contribution in [0, 0.1) is 0 Å². The number of urea groups is 2. The number of nitrogens with one attached hydrogen (secondary N) is 2. The number of aliphatic hydroxyl groups excluding tert-OH is 2. The molecule has 7 aliphatic heterocycles. The van der Waals surface area contributed by atoms with Crippen LogP contribution in [-0.2, 0) is 27.9 Å². The number of amides is 5. The number of rotatable bonds is 1. The van der Waals surface area contributed by atoms with E-state index in [1.54, 1.807) is 20.0 Å². The van der Waals surface area contributed by atoms with Gasteiger partial charge >= 0.3 is 19.9 Å². The van der Waals surface area contributed by atoms with E-state index in [-0.39, 0.29) is 13.0 Å². The fourth-order valence-corrected chi connectivity index (χ4v) is 8.84. The molecular weight excluding hydrogens is 535 g/mol. The molecule has 0 saturated carbocycles. The normalized spacial score (nSPS) is 49.3. The highest BCUT2D eigenvalue weighted by Crippen LogP contribution is 2.62. The molecule has 4 bridgehead atoms. The van der Waals surface area contributed by atoms with Crippen molar-refractivity contribution in [1.82, 2.24) is 20.4 Å². The number of nitrogens with zero attached hydrogens (tertiary/aromatic N) is 2. The molecule has 1 spiro atoms. The van der Waals surface area contributed by atoms with Crippen molar-refractivity contribution in [3.63, 3.8) is 0 Å². The van der Waals surface area contributed by atoms with Gasteiger partial charge in [-0.05, 0) is 19.4 Å². The molecule has 5 N–H and O–H groups in total. The Morgan fingerprint density at radius 1 is 1.27 bits per heavy atom. The summed E-state index contributed by atoms with van der Waals surface area (Å²) in [7, 11) is -4.82. The van der Waals surface area contributed by atoms with Crippen LogP contribution in [0.25, 0.3) is 0 Å². The first-order valence-corrected chi connectivity index (χ1v) is 14.1. The maximum absolute atomic E-state index is 13.3. The number of hydrogen-bond donors (Lipinski definition) is 5. The van der Waals surface area contributed by atoms with Gasteiger partial charge in [-0.1, -0.05) is 0 Å². The van der Waals surface area contributed by atoms with E-state index in [2.05, 4.69) is 10.6 Å². The van der Waals surface area contributed by atoms with Gasteiger partial charge in [0.15, 0.2) is 0 Å². The SMILES string of the molecule is CC1=CN2C(=O)NC13SC1(C)C(=O)NC(=O)N(C13)[C@@H]1CO[C@H](CO)[C@H]1OP(=O)(O)OC[C@H]1O[C@@H]2C[C@@H]1O. The molecule has 4 unspecified atom stereocenters. The van der Waals surface area contributed by atoms with Gasteiger partial charge in [0.05, 0.1) is 38.0 Å². The summed E-state index contributed by atoms with van der Waals surface area (Å²) in [6.45, 7) is 2.09. The van der Waals surface area contributed by atoms with Gasteiger partial charge in [0.1, 0.15) is 34.2 Å². The molecule has 5 amide bonds. The van der Waals surface area contributed by atoms with Crippen LogP contribution in [0.1, 0.15) is 20.3 Å². The molecule has 204 valence electrons. The molecule has 0 aromatic carbocycles. The maximum Gasteiger partial charge on any atom is 0.472 e. The number of fused-ring (bicyclic) bond motifs is 4. The van der Waals surface area contributed by atoms with Crippen molar-refractivity contribution in [3.05, 3.63) is 11.8 Å². The summed E-state index contributed by atoms with van der Waals surface area (Å²) in [5.74, 6) is -0.548. The Kier molecular flexibility index (Phi) is 5.78. The number of ether oxygens (including phenoxy) is 2. The fraction of sp³-hybridized carbons (Fsp3) is 0.750. The van der Waals surface area contributed by atoms with Gasteiger partial charge < -0.3 is 34.8 Å². The molecule has 15 nitrogen and oxygen atoms in total. The van der Waals surface area contributed by atoms with Crippen LogP contribution < -0.4 is 10.6 Å². The molecule has 10 atom stereocenters. The summed E-state index contributed by atoms with van der Waals surface area (Å²) in [6.07, 6.45) is -3.85. The zero-order chi connectivity index (χ0) is 26.5. The van der Waals surface area contributed by atoms with Crippen molar-refractivity contribution in [3.8, 4) is 0 Å². The average Bonchev–Trinajstić information content (AvgIpc) is 3.38. The van der Waals surface area contributed by atoms with Gasteiger partial charge in [0, 0.05) is 12.6 Å². The standard InChI is InChI=1S/C20H27N4O11PS/c1-8-4-23-13-3-10(26)12(34-13)7-33-36(30,31)35-14-9(6-32-11(14)5-25)24-15-19(2,16(27)21-17(24)28)37-20(8,15)22-18(23)29/h4,9-15,25-26H,3,5-7H2,1-2H3,(H,22,29)(H,30,31)(H,21,27,28)/t9-,10+,11-,12-,13-,14+,15?,19?,20?/m1/s1. The molecular formula is C20H27N4O11PS. The molecule has 0 radical (unpaired) electrons. The summed E-state index contributed by atoms with van der Waals surface area (Å²) >= 11 is 1.16. The van der Waals surface area contributed by atoms with Crippen LogP contribution in [0.4, 0.5) is 9.59 Å². The molecule has 7 heterocycles. The summed E-state index contributed by atoms with van der Waals surface area (Å²) in [5, 5.41) is 25.6. The molecule has 0 aliphatic carbocycles. The van der Waals surface area contributed by atoms with Crippen LogP contribution in [0.3, 0.4) is 0 Å². The molecule has 37 heavy (non-hydrogen) atoms. The van der Waals surface area contributed by atoms with Gasteiger partial charge in [-0.2, -0.15) is 0 Å². The van der Waals surface area contributed by atoms with E-state index >= 15 is 0 Å². The summed E-state index contributed by atoms with van der Waals surface area (Å²) < 4.78 is 33.7. The number of carbonyl (C=O) groups excluding carboxylic acids is 3. The van der Waals surface area contributed by atoms with E-state index in [1.807, 2.05) is 0 Å². The number of carbonyl (C=O) groups is 3. The topological polar surface area (TPSA) is 196 Å². The van der Waals surface area contributed by atoms with Crippen molar-refractivity contribution in [2.75, 3.05) is 19.8 Å². The Morgan fingerprint density at radius 2 is 2.03 bits per heavy atom. The highest BCUT2D eigenvalue weighted by molar-refractivity contribution is 8.04. The van der Waals surface area contributed by atoms with Gasteiger partial charge in [-0.3, -0.25) is 24.1 Å². The Bertz CT molecular complexity index is 1140. The zero-order valence-electron chi connectivity index (χ0n) is 19.8.